The zero-order valence-corrected chi connectivity index (χ0v) is 10.6. The fourth-order valence-corrected chi connectivity index (χ4v) is 1.80. The Balaban J connectivity index is 2.28. The number of rotatable bonds is 4. The van der Waals surface area contributed by atoms with Crippen molar-refractivity contribution in [1.82, 2.24) is 0 Å². The summed E-state index contributed by atoms with van der Waals surface area (Å²) in [6.07, 6.45) is 0.919. The van der Waals surface area contributed by atoms with Crippen LogP contribution < -0.4 is 4.74 Å². The molecule has 2 aromatic rings. The van der Waals surface area contributed by atoms with Crippen molar-refractivity contribution in [3.05, 3.63) is 59.7 Å². The zero-order valence-electron chi connectivity index (χ0n) is 10.6. The molecule has 0 atom stereocenters. The minimum atomic E-state index is 0.0456. The van der Waals surface area contributed by atoms with Crippen molar-refractivity contribution in [2.24, 2.45) is 0 Å². The summed E-state index contributed by atoms with van der Waals surface area (Å²) >= 11 is 0. The minimum absolute atomic E-state index is 0.0456. The Labute approximate surface area is 107 Å². The molecule has 0 heterocycles. The fourth-order valence-electron chi connectivity index (χ4n) is 1.80. The summed E-state index contributed by atoms with van der Waals surface area (Å²) in [4.78, 5) is 11.3. The molecule has 18 heavy (non-hydrogen) atoms. The summed E-state index contributed by atoms with van der Waals surface area (Å²) in [5, 5.41) is 0. The molecule has 0 aliphatic heterocycles. The number of Topliss-reactive ketones (excluding diaryl/α,β-unsaturated/α-hetero) is 1. The molecule has 0 unspecified atom stereocenters. The molecule has 0 saturated heterocycles. The number of ketones is 1. The summed E-state index contributed by atoms with van der Waals surface area (Å²) < 4.78 is 5.84. The van der Waals surface area contributed by atoms with E-state index in [1.54, 1.807) is 19.1 Å². The van der Waals surface area contributed by atoms with Gasteiger partial charge in [-0.1, -0.05) is 37.3 Å². The maximum absolute atomic E-state index is 11.3. The number of aryl methyl sites for hydroxylation is 1. The second kappa shape index (κ2) is 5.50. The lowest BCUT2D eigenvalue weighted by Gasteiger charge is -2.10. The lowest BCUT2D eigenvalue weighted by atomic mass is 10.1. The molecule has 2 aromatic carbocycles. The van der Waals surface area contributed by atoms with E-state index in [2.05, 4.69) is 6.92 Å². The normalized spacial score (nSPS) is 10.1. The van der Waals surface area contributed by atoms with E-state index in [0.717, 1.165) is 17.7 Å². The molecule has 92 valence electrons. The molecular weight excluding hydrogens is 224 g/mol. The smallest absolute Gasteiger partial charge is 0.159 e. The molecular formula is C16H16O2. The first kappa shape index (κ1) is 12.4. The van der Waals surface area contributed by atoms with Gasteiger partial charge in [0.1, 0.15) is 11.5 Å². The predicted octanol–water partition coefficient (Wildman–Crippen LogP) is 4.24. The highest BCUT2D eigenvalue weighted by molar-refractivity contribution is 5.94. The van der Waals surface area contributed by atoms with Gasteiger partial charge in [0.25, 0.3) is 0 Å². The molecule has 0 amide bonds. The Bertz CT molecular complexity index is 559. The molecule has 0 aliphatic rings. The van der Waals surface area contributed by atoms with Crippen LogP contribution in [0.5, 0.6) is 11.5 Å². The average molecular weight is 240 g/mol. The van der Waals surface area contributed by atoms with Crippen molar-refractivity contribution in [2.75, 3.05) is 0 Å². The summed E-state index contributed by atoms with van der Waals surface area (Å²) in [5.41, 5.74) is 1.83. The molecule has 2 rings (SSSR count). The van der Waals surface area contributed by atoms with Crippen LogP contribution in [0.15, 0.2) is 48.5 Å². The quantitative estimate of drug-likeness (QED) is 0.747. The predicted molar refractivity (Wildman–Crippen MR) is 72.3 cm³/mol. The Morgan fingerprint density at radius 3 is 2.61 bits per heavy atom. The van der Waals surface area contributed by atoms with E-state index in [1.807, 2.05) is 36.4 Å². The monoisotopic (exact) mass is 240 g/mol. The van der Waals surface area contributed by atoms with Crippen LogP contribution in [0.25, 0.3) is 0 Å². The molecule has 0 saturated carbocycles. The number of ether oxygens (including phenoxy) is 1. The first-order valence-corrected chi connectivity index (χ1v) is 6.07. The van der Waals surface area contributed by atoms with Crippen LogP contribution in [-0.2, 0) is 6.42 Å². The first-order valence-electron chi connectivity index (χ1n) is 6.07. The molecule has 0 aromatic heterocycles. The van der Waals surface area contributed by atoms with Crippen molar-refractivity contribution in [3.8, 4) is 11.5 Å². The van der Waals surface area contributed by atoms with E-state index in [-0.39, 0.29) is 5.78 Å². The van der Waals surface area contributed by atoms with Crippen molar-refractivity contribution in [1.29, 1.82) is 0 Å². The van der Waals surface area contributed by atoms with Gasteiger partial charge in [0.15, 0.2) is 5.78 Å². The molecule has 0 bridgehead atoms. The van der Waals surface area contributed by atoms with Crippen molar-refractivity contribution >= 4 is 5.78 Å². The second-order valence-corrected chi connectivity index (χ2v) is 4.15. The summed E-state index contributed by atoms with van der Waals surface area (Å²) in [6, 6.07) is 15.2. The van der Waals surface area contributed by atoms with Gasteiger partial charge in [-0.3, -0.25) is 4.79 Å². The van der Waals surface area contributed by atoms with Gasteiger partial charge in [0.2, 0.25) is 0 Å². The van der Waals surface area contributed by atoms with E-state index >= 15 is 0 Å². The van der Waals surface area contributed by atoms with Gasteiger partial charge >= 0.3 is 0 Å². The number of hydrogen-bond donors (Lipinski definition) is 0. The Morgan fingerprint density at radius 2 is 1.89 bits per heavy atom. The highest BCUT2D eigenvalue weighted by Crippen LogP contribution is 2.26. The van der Waals surface area contributed by atoms with Gasteiger partial charge in [-0.15, -0.1) is 0 Å². The summed E-state index contributed by atoms with van der Waals surface area (Å²) in [7, 11) is 0. The average Bonchev–Trinajstić information content (AvgIpc) is 2.39. The van der Waals surface area contributed by atoms with E-state index in [1.165, 1.54) is 0 Å². The minimum Gasteiger partial charge on any atom is -0.457 e. The van der Waals surface area contributed by atoms with Crippen LogP contribution >= 0.6 is 0 Å². The van der Waals surface area contributed by atoms with E-state index in [9.17, 15) is 4.79 Å². The van der Waals surface area contributed by atoms with Gasteiger partial charge < -0.3 is 4.74 Å². The molecule has 0 N–H and O–H groups in total. The molecule has 0 radical (unpaired) electrons. The van der Waals surface area contributed by atoms with E-state index < -0.39 is 0 Å². The Morgan fingerprint density at radius 1 is 1.11 bits per heavy atom. The van der Waals surface area contributed by atoms with Gasteiger partial charge in [0.05, 0.1) is 0 Å². The summed E-state index contributed by atoms with van der Waals surface area (Å²) in [6.45, 7) is 3.65. The van der Waals surface area contributed by atoms with Gasteiger partial charge in [-0.05, 0) is 37.1 Å². The maximum Gasteiger partial charge on any atom is 0.159 e. The van der Waals surface area contributed by atoms with E-state index in [4.69, 9.17) is 4.74 Å². The largest absolute Gasteiger partial charge is 0.457 e. The third-order valence-electron chi connectivity index (χ3n) is 2.82. The molecule has 2 nitrogen and oxygen atoms in total. The summed E-state index contributed by atoms with van der Waals surface area (Å²) in [5.74, 6) is 1.59. The third-order valence-corrected chi connectivity index (χ3v) is 2.82. The third kappa shape index (κ3) is 2.77. The van der Waals surface area contributed by atoms with Crippen LogP contribution in [0, 0.1) is 0 Å². The zero-order chi connectivity index (χ0) is 13.0. The highest BCUT2D eigenvalue weighted by atomic mass is 16.5. The molecule has 0 aliphatic carbocycles. The van der Waals surface area contributed by atoms with Crippen molar-refractivity contribution < 1.29 is 9.53 Å². The van der Waals surface area contributed by atoms with Crippen LogP contribution in [0.4, 0.5) is 0 Å². The Kier molecular flexibility index (Phi) is 3.78. The Hall–Kier alpha value is -2.09. The van der Waals surface area contributed by atoms with Crippen LogP contribution in [0.1, 0.15) is 29.8 Å². The number of benzene rings is 2. The van der Waals surface area contributed by atoms with Gasteiger partial charge in [0, 0.05) is 5.56 Å². The van der Waals surface area contributed by atoms with Gasteiger partial charge in [-0.25, -0.2) is 0 Å². The second-order valence-electron chi connectivity index (χ2n) is 4.15. The lowest BCUT2D eigenvalue weighted by Crippen LogP contribution is -1.94. The number of para-hydroxylation sites is 1. The standard InChI is InChI=1S/C16H16O2/c1-3-13-7-4-5-10-16(13)18-15-9-6-8-14(11-15)12(2)17/h4-11H,3H2,1-2H3. The van der Waals surface area contributed by atoms with Crippen LogP contribution in [0.3, 0.4) is 0 Å². The first-order chi connectivity index (χ1) is 8.70. The fraction of sp³-hybridized carbons (Fsp3) is 0.188. The number of carbonyl (C=O) groups is 1. The van der Waals surface area contributed by atoms with Crippen LogP contribution in [-0.4, -0.2) is 5.78 Å². The SMILES string of the molecule is CCc1ccccc1Oc1cccc(C(C)=O)c1. The maximum atomic E-state index is 11.3. The van der Waals surface area contributed by atoms with Crippen molar-refractivity contribution in [2.45, 2.75) is 20.3 Å². The number of hydrogen-bond acceptors (Lipinski definition) is 2. The molecule has 2 heteroatoms. The molecule has 0 spiro atoms. The lowest BCUT2D eigenvalue weighted by molar-refractivity contribution is 0.101. The molecule has 0 fully saturated rings. The topological polar surface area (TPSA) is 26.3 Å². The van der Waals surface area contributed by atoms with E-state index in [0.29, 0.717) is 11.3 Å². The van der Waals surface area contributed by atoms with Crippen LogP contribution in [0.2, 0.25) is 0 Å². The number of carbonyl (C=O) groups excluding carboxylic acids is 1. The van der Waals surface area contributed by atoms with Gasteiger partial charge in [-0.2, -0.15) is 0 Å². The van der Waals surface area contributed by atoms with Crippen molar-refractivity contribution in [3.63, 3.8) is 0 Å². The highest BCUT2D eigenvalue weighted by Gasteiger charge is 2.04.